The number of para-hydroxylation sites is 3. The standard InChI is InChI=1S/C42H28N4O/c1-3-13-29(14-4-1)41-43-44-42(47-41)37-27-28-40(34-18-8-7-17-33(34)37)45(30-15-5-2-6-16-30)31-23-25-32(26-24-31)46-38-21-11-9-19-35(38)36-20-10-12-22-39(36)46/h1-28H. The largest absolute Gasteiger partial charge is 0.416 e. The first-order valence-corrected chi connectivity index (χ1v) is 15.7. The van der Waals surface area contributed by atoms with Crippen molar-refractivity contribution in [2.45, 2.75) is 0 Å². The minimum atomic E-state index is 0.494. The first-order valence-electron chi connectivity index (χ1n) is 15.7. The highest BCUT2D eigenvalue weighted by Gasteiger charge is 2.20. The smallest absolute Gasteiger partial charge is 0.248 e. The molecule has 5 heteroatoms. The van der Waals surface area contributed by atoms with Crippen LogP contribution in [0, 0.1) is 0 Å². The quantitative estimate of drug-likeness (QED) is 0.189. The van der Waals surface area contributed by atoms with E-state index >= 15 is 0 Å². The molecule has 0 aliphatic heterocycles. The van der Waals surface area contributed by atoms with Crippen molar-refractivity contribution in [3.63, 3.8) is 0 Å². The van der Waals surface area contributed by atoms with Crippen molar-refractivity contribution >= 4 is 49.6 Å². The van der Waals surface area contributed by atoms with Gasteiger partial charge in [-0.2, -0.15) is 0 Å². The van der Waals surface area contributed by atoms with E-state index in [1.165, 1.54) is 21.8 Å². The van der Waals surface area contributed by atoms with Gasteiger partial charge in [-0.15, -0.1) is 10.2 Å². The molecule has 9 rings (SSSR count). The lowest BCUT2D eigenvalue weighted by atomic mass is 10.0. The molecule has 0 amide bonds. The van der Waals surface area contributed by atoms with Gasteiger partial charge in [-0.25, -0.2) is 0 Å². The van der Waals surface area contributed by atoms with Crippen LogP contribution >= 0.6 is 0 Å². The summed E-state index contributed by atoms with van der Waals surface area (Å²) < 4.78 is 8.55. The van der Waals surface area contributed by atoms with E-state index in [9.17, 15) is 0 Å². The van der Waals surface area contributed by atoms with Crippen molar-refractivity contribution in [3.05, 3.63) is 170 Å². The fourth-order valence-corrected chi connectivity index (χ4v) is 6.65. The zero-order chi connectivity index (χ0) is 31.2. The Labute approximate surface area is 271 Å². The van der Waals surface area contributed by atoms with Gasteiger partial charge in [0.15, 0.2) is 0 Å². The van der Waals surface area contributed by atoms with Gasteiger partial charge in [-0.1, -0.05) is 97.1 Å². The molecule has 0 radical (unpaired) electrons. The number of anilines is 3. The second-order valence-corrected chi connectivity index (χ2v) is 11.5. The average Bonchev–Trinajstić information content (AvgIpc) is 3.77. The lowest BCUT2D eigenvalue weighted by Gasteiger charge is -2.27. The summed E-state index contributed by atoms with van der Waals surface area (Å²) in [6.07, 6.45) is 0. The fraction of sp³-hybridized carbons (Fsp3) is 0. The van der Waals surface area contributed by atoms with E-state index in [1.54, 1.807) is 0 Å². The van der Waals surface area contributed by atoms with Gasteiger partial charge in [-0.3, -0.25) is 0 Å². The molecule has 0 bridgehead atoms. The molecule has 0 aliphatic carbocycles. The molecule has 5 nitrogen and oxygen atoms in total. The van der Waals surface area contributed by atoms with E-state index in [0.29, 0.717) is 11.8 Å². The molecule has 0 saturated carbocycles. The van der Waals surface area contributed by atoms with Crippen molar-refractivity contribution in [2.75, 3.05) is 4.90 Å². The summed E-state index contributed by atoms with van der Waals surface area (Å²) in [6, 6.07) is 59.1. The monoisotopic (exact) mass is 604 g/mol. The van der Waals surface area contributed by atoms with Crippen LogP contribution in [-0.4, -0.2) is 14.8 Å². The molecule has 0 saturated heterocycles. The van der Waals surface area contributed by atoms with Crippen molar-refractivity contribution < 1.29 is 4.42 Å². The number of aromatic nitrogens is 3. The van der Waals surface area contributed by atoms with Crippen LogP contribution < -0.4 is 4.90 Å². The second kappa shape index (κ2) is 11.2. The second-order valence-electron chi connectivity index (χ2n) is 11.5. The minimum absolute atomic E-state index is 0.494. The SMILES string of the molecule is c1ccc(-c2nnc(-c3ccc(N(c4ccccc4)c4ccc(-n5c6ccccc6c6ccccc65)cc4)c4ccccc34)o2)cc1. The molecule has 7 aromatic carbocycles. The molecule has 9 aromatic rings. The van der Waals surface area contributed by atoms with Crippen LogP contribution in [0.4, 0.5) is 17.1 Å². The minimum Gasteiger partial charge on any atom is -0.416 e. The van der Waals surface area contributed by atoms with E-state index in [0.717, 1.165) is 44.6 Å². The maximum atomic E-state index is 6.20. The Morgan fingerprint density at radius 3 is 1.64 bits per heavy atom. The number of hydrogen-bond acceptors (Lipinski definition) is 4. The lowest BCUT2D eigenvalue weighted by molar-refractivity contribution is 0.585. The molecule has 0 fully saturated rings. The van der Waals surface area contributed by atoms with Gasteiger partial charge in [0.1, 0.15) is 0 Å². The van der Waals surface area contributed by atoms with Gasteiger partial charge in [0.25, 0.3) is 0 Å². The third-order valence-corrected chi connectivity index (χ3v) is 8.78. The summed E-state index contributed by atoms with van der Waals surface area (Å²) in [5.74, 6) is 0.997. The molecule has 47 heavy (non-hydrogen) atoms. The Kier molecular flexibility index (Phi) is 6.39. The molecule has 222 valence electrons. The molecule has 0 aliphatic rings. The number of hydrogen-bond donors (Lipinski definition) is 0. The van der Waals surface area contributed by atoms with Gasteiger partial charge in [0, 0.05) is 44.3 Å². The van der Waals surface area contributed by atoms with Crippen LogP contribution in [-0.2, 0) is 0 Å². The topological polar surface area (TPSA) is 47.1 Å². The van der Waals surface area contributed by atoms with E-state index in [-0.39, 0.29) is 0 Å². The van der Waals surface area contributed by atoms with Gasteiger partial charge in [0.2, 0.25) is 11.8 Å². The van der Waals surface area contributed by atoms with Crippen molar-refractivity contribution in [1.82, 2.24) is 14.8 Å². The predicted octanol–water partition coefficient (Wildman–Crippen LogP) is 11.1. The molecule has 0 N–H and O–H groups in total. The third-order valence-electron chi connectivity index (χ3n) is 8.78. The Balaban J connectivity index is 1.18. The molecule has 2 heterocycles. The Morgan fingerprint density at radius 2 is 0.957 bits per heavy atom. The van der Waals surface area contributed by atoms with Crippen LogP contribution in [0.5, 0.6) is 0 Å². The van der Waals surface area contributed by atoms with E-state index in [4.69, 9.17) is 4.42 Å². The van der Waals surface area contributed by atoms with Crippen LogP contribution in [0.25, 0.3) is 61.2 Å². The van der Waals surface area contributed by atoms with Crippen LogP contribution in [0.15, 0.2) is 174 Å². The molecule has 0 unspecified atom stereocenters. The van der Waals surface area contributed by atoms with Crippen LogP contribution in [0.1, 0.15) is 0 Å². The van der Waals surface area contributed by atoms with Gasteiger partial charge in [-0.05, 0) is 78.2 Å². The fourth-order valence-electron chi connectivity index (χ4n) is 6.65. The highest BCUT2D eigenvalue weighted by Crippen LogP contribution is 2.42. The first kappa shape index (κ1) is 26.9. The highest BCUT2D eigenvalue weighted by molar-refractivity contribution is 6.09. The molecular weight excluding hydrogens is 576 g/mol. The summed E-state index contributed by atoms with van der Waals surface area (Å²) in [5, 5.41) is 13.4. The van der Waals surface area contributed by atoms with Crippen molar-refractivity contribution in [1.29, 1.82) is 0 Å². The van der Waals surface area contributed by atoms with Crippen LogP contribution in [0.3, 0.4) is 0 Å². The van der Waals surface area contributed by atoms with E-state index in [1.807, 2.05) is 36.4 Å². The summed E-state index contributed by atoms with van der Waals surface area (Å²) in [6.45, 7) is 0. The van der Waals surface area contributed by atoms with Crippen molar-refractivity contribution in [2.24, 2.45) is 0 Å². The number of benzene rings is 7. The molecule has 2 aromatic heterocycles. The molecule has 0 spiro atoms. The zero-order valence-electron chi connectivity index (χ0n) is 25.4. The summed E-state index contributed by atoms with van der Waals surface area (Å²) in [5.41, 5.74) is 8.48. The highest BCUT2D eigenvalue weighted by atomic mass is 16.4. The third kappa shape index (κ3) is 4.56. The summed E-state index contributed by atoms with van der Waals surface area (Å²) in [4.78, 5) is 2.31. The van der Waals surface area contributed by atoms with E-state index < -0.39 is 0 Å². The maximum absolute atomic E-state index is 6.20. The van der Waals surface area contributed by atoms with E-state index in [2.05, 4.69) is 153 Å². The Morgan fingerprint density at radius 1 is 0.426 bits per heavy atom. The number of nitrogens with zero attached hydrogens (tertiary/aromatic N) is 4. The molecule has 0 atom stereocenters. The lowest BCUT2D eigenvalue weighted by Crippen LogP contribution is -2.10. The Bertz CT molecular complexity index is 2460. The number of fused-ring (bicyclic) bond motifs is 4. The predicted molar refractivity (Wildman–Crippen MR) is 192 cm³/mol. The van der Waals surface area contributed by atoms with Gasteiger partial charge < -0.3 is 13.9 Å². The van der Waals surface area contributed by atoms with Crippen molar-refractivity contribution in [3.8, 4) is 28.6 Å². The Hall–Kier alpha value is -6.46. The van der Waals surface area contributed by atoms with Gasteiger partial charge in [0.05, 0.1) is 16.7 Å². The first-order chi connectivity index (χ1) is 23.3. The number of rotatable bonds is 6. The summed E-state index contributed by atoms with van der Waals surface area (Å²) >= 11 is 0. The maximum Gasteiger partial charge on any atom is 0.248 e. The summed E-state index contributed by atoms with van der Waals surface area (Å²) in [7, 11) is 0. The molecular formula is C42H28N4O. The normalized spacial score (nSPS) is 11.4. The zero-order valence-corrected chi connectivity index (χ0v) is 25.4. The average molecular weight is 605 g/mol. The van der Waals surface area contributed by atoms with Crippen LogP contribution in [0.2, 0.25) is 0 Å². The van der Waals surface area contributed by atoms with Gasteiger partial charge >= 0.3 is 0 Å².